The van der Waals surface area contributed by atoms with E-state index in [0.717, 1.165) is 10.2 Å². The lowest BCUT2D eigenvalue weighted by atomic mass is 10.4. The van der Waals surface area contributed by atoms with Gasteiger partial charge in [0.25, 0.3) is 0 Å². The van der Waals surface area contributed by atoms with Gasteiger partial charge in [0.15, 0.2) is 0 Å². The Kier molecular flexibility index (Phi) is 1.11. The highest BCUT2D eigenvalue weighted by Crippen LogP contribution is 2.21. The van der Waals surface area contributed by atoms with Crippen LogP contribution >= 0.6 is 11.3 Å². The summed E-state index contributed by atoms with van der Waals surface area (Å²) in [6.45, 7) is 0. The van der Waals surface area contributed by atoms with Crippen LogP contribution in [0.5, 0.6) is 5.75 Å². The molecule has 0 unspecified atom stereocenters. The Bertz CT molecular complexity index is 355. The molecule has 0 spiro atoms. The van der Waals surface area contributed by atoms with Gasteiger partial charge in [-0.25, -0.2) is 0 Å². The van der Waals surface area contributed by atoms with E-state index in [4.69, 9.17) is 5.11 Å². The lowest BCUT2D eigenvalue weighted by molar-refractivity contribution is 0.474. The highest BCUT2D eigenvalue weighted by molar-refractivity contribution is 7.17. The zero-order valence-corrected chi connectivity index (χ0v) is 5.93. The maximum atomic E-state index is 8.99. The maximum Gasteiger partial charge on any atom is 0.135 e. The maximum absolute atomic E-state index is 8.99. The molecule has 0 fully saturated rings. The first-order chi connectivity index (χ1) is 4.86. The molecular formula is C7H5NOS. The second-order valence-electron chi connectivity index (χ2n) is 2.00. The van der Waals surface area contributed by atoms with E-state index in [1.165, 1.54) is 6.20 Å². The van der Waals surface area contributed by atoms with Crippen molar-refractivity contribution in [2.24, 2.45) is 0 Å². The quantitative estimate of drug-likeness (QED) is 0.624. The summed E-state index contributed by atoms with van der Waals surface area (Å²) in [7, 11) is 0. The third-order valence-corrected chi connectivity index (χ3v) is 2.14. The van der Waals surface area contributed by atoms with Crippen molar-refractivity contribution >= 4 is 21.6 Å². The largest absolute Gasteiger partial charge is 0.506 e. The fourth-order valence-corrected chi connectivity index (χ4v) is 1.61. The summed E-state index contributed by atoms with van der Waals surface area (Å²) < 4.78 is 1.03. The molecule has 3 heteroatoms. The Morgan fingerprint density at radius 1 is 1.50 bits per heavy atom. The molecule has 10 heavy (non-hydrogen) atoms. The van der Waals surface area contributed by atoms with Crippen LogP contribution in [-0.2, 0) is 0 Å². The summed E-state index contributed by atoms with van der Waals surface area (Å²) in [4.78, 5) is 4.00. The Labute approximate surface area is 61.8 Å². The Morgan fingerprint density at radius 2 is 2.40 bits per heavy atom. The van der Waals surface area contributed by atoms with E-state index in [1.54, 1.807) is 17.4 Å². The lowest BCUT2D eigenvalue weighted by Gasteiger charge is -1.88. The van der Waals surface area contributed by atoms with E-state index in [1.807, 2.05) is 11.4 Å². The highest BCUT2D eigenvalue weighted by Gasteiger charge is 1.95. The van der Waals surface area contributed by atoms with E-state index in [0.29, 0.717) is 0 Å². The van der Waals surface area contributed by atoms with E-state index in [2.05, 4.69) is 4.98 Å². The van der Waals surface area contributed by atoms with Gasteiger partial charge in [0.05, 0.1) is 16.4 Å². The molecule has 1 N–H and O–H groups in total. The van der Waals surface area contributed by atoms with Crippen molar-refractivity contribution in [3.05, 3.63) is 23.7 Å². The van der Waals surface area contributed by atoms with Gasteiger partial charge in [-0.15, -0.1) is 11.3 Å². The second-order valence-corrected chi connectivity index (χ2v) is 2.95. The zero-order valence-electron chi connectivity index (χ0n) is 5.11. The molecule has 2 heterocycles. The predicted octanol–water partition coefficient (Wildman–Crippen LogP) is 2.00. The number of aromatic hydroxyl groups is 1. The van der Waals surface area contributed by atoms with Gasteiger partial charge in [-0.05, 0) is 11.4 Å². The topological polar surface area (TPSA) is 33.1 Å². The first kappa shape index (κ1) is 5.68. The van der Waals surface area contributed by atoms with Crippen LogP contribution in [0.3, 0.4) is 0 Å². The lowest BCUT2D eigenvalue weighted by Crippen LogP contribution is -1.69. The molecule has 0 radical (unpaired) electrons. The SMILES string of the molecule is Oc1cnc2ccsc2c1. The highest BCUT2D eigenvalue weighted by atomic mass is 32.1. The third kappa shape index (κ3) is 0.752. The molecule has 0 aromatic carbocycles. The van der Waals surface area contributed by atoms with Crippen molar-refractivity contribution in [3.63, 3.8) is 0 Å². The Balaban J connectivity index is 2.86. The minimum atomic E-state index is 0.231. The van der Waals surface area contributed by atoms with Gasteiger partial charge in [-0.2, -0.15) is 0 Å². The van der Waals surface area contributed by atoms with Crippen molar-refractivity contribution in [2.75, 3.05) is 0 Å². The number of rotatable bonds is 0. The fraction of sp³-hybridized carbons (Fsp3) is 0. The minimum absolute atomic E-state index is 0.231. The molecule has 0 aliphatic carbocycles. The number of nitrogens with zero attached hydrogens (tertiary/aromatic N) is 1. The molecule has 50 valence electrons. The van der Waals surface area contributed by atoms with Crippen LogP contribution < -0.4 is 0 Å². The molecular weight excluding hydrogens is 146 g/mol. The summed E-state index contributed by atoms with van der Waals surface area (Å²) in [5, 5.41) is 10.9. The summed E-state index contributed by atoms with van der Waals surface area (Å²) in [5.41, 5.74) is 0.947. The molecule has 2 rings (SSSR count). The Morgan fingerprint density at radius 3 is 3.30 bits per heavy atom. The van der Waals surface area contributed by atoms with E-state index < -0.39 is 0 Å². The standard InChI is InChI=1S/C7H5NOS/c9-5-3-7-6(8-4-5)1-2-10-7/h1-4,9H. The second kappa shape index (κ2) is 1.95. The van der Waals surface area contributed by atoms with Crippen molar-refractivity contribution in [3.8, 4) is 5.75 Å². The molecule has 0 saturated carbocycles. The van der Waals surface area contributed by atoms with Crippen LogP contribution in [0.1, 0.15) is 0 Å². The zero-order chi connectivity index (χ0) is 6.97. The van der Waals surface area contributed by atoms with Crippen LogP contribution in [0.25, 0.3) is 10.2 Å². The summed E-state index contributed by atoms with van der Waals surface area (Å²) in [6.07, 6.45) is 1.45. The number of hydrogen-bond acceptors (Lipinski definition) is 3. The van der Waals surface area contributed by atoms with Gasteiger partial charge < -0.3 is 5.11 Å². The van der Waals surface area contributed by atoms with Gasteiger partial charge in [0, 0.05) is 6.07 Å². The van der Waals surface area contributed by atoms with E-state index >= 15 is 0 Å². The van der Waals surface area contributed by atoms with Gasteiger partial charge in [0.1, 0.15) is 5.75 Å². The van der Waals surface area contributed by atoms with Gasteiger partial charge in [-0.3, -0.25) is 4.98 Å². The fourth-order valence-electron chi connectivity index (χ4n) is 0.836. The number of aromatic nitrogens is 1. The molecule has 0 saturated heterocycles. The van der Waals surface area contributed by atoms with Crippen molar-refractivity contribution < 1.29 is 5.11 Å². The molecule has 0 aliphatic heterocycles. The smallest absolute Gasteiger partial charge is 0.135 e. The third-order valence-electron chi connectivity index (χ3n) is 1.29. The normalized spacial score (nSPS) is 10.4. The molecule has 0 amide bonds. The van der Waals surface area contributed by atoms with Crippen LogP contribution in [0, 0.1) is 0 Å². The number of thiophene rings is 1. The average molecular weight is 151 g/mol. The van der Waals surface area contributed by atoms with E-state index in [9.17, 15) is 0 Å². The van der Waals surface area contributed by atoms with Crippen molar-refractivity contribution in [2.45, 2.75) is 0 Å². The summed E-state index contributed by atoms with van der Waals surface area (Å²) in [6, 6.07) is 3.65. The monoisotopic (exact) mass is 151 g/mol. The number of pyridine rings is 1. The van der Waals surface area contributed by atoms with E-state index in [-0.39, 0.29) is 5.75 Å². The van der Waals surface area contributed by atoms with Crippen molar-refractivity contribution in [1.29, 1.82) is 0 Å². The first-order valence-corrected chi connectivity index (χ1v) is 3.76. The minimum Gasteiger partial charge on any atom is -0.506 e. The number of hydrogen-bond donors (Lipinski definition) is 1. The van der Waals surface area contributed by atoms with Crippen molar-refractivity contribution in [1.82, 2.24) is 4.98 Å². The van der Waals surface area contributed by atoms with Crippen LogP contribution in [-0.4, -0.2) is 10.1 Å². The van der Waals surface area contributed by atoms with Gasteiger partial charge >= 0.3 is 0 Å². The first-order valence-electron chi connectivity index (χ1n) is 2.88. The average Bonchev–Trinajstić information content (AvgIpc) is 2.33. The Hall–Kier alpha value is -1.09. The molecule has 2 aromatic rings. The molecule has 2 nitrogen and oxygen atoms in total. The van der Waals surface area contributed by atoms with Crippen LogP contribution in [0.2, 0.25) is 0 Å². The van der Waals surface area contributed by atoms with Gasteiger partial charge in [-0.1, -0.05) is 0 Å². The van der Waals surface area contributed by atoms with Crippen LogP contribution in [0.4, 0.5) is 0 Å². The summed E-state index contributed by atoms with van der Waals surface area (Å²) >= 11 is 1.58. The van der Waals surface area contributed by atoms with Crippen LogP contribution in [0.15, 0.2) is 23.7 Å². The summed E-state index contributed by atoms with van der Waals surface area (Å²) in [5.74, 6) is 0.231. The molecule has 0 bridgehead atoms. The van der Waals surface area contributed by atoms with Gasteiger partial charge in [0.2, 0.25) is 0 Å². The molecule has 0 atom stereocenters. The molecule has 0 aliphatic rings. The predicted molar refractivity (Wildman–Crippen MR) is 41.3 cm³/mol. The molecule has 2 aromatic heterocycles. The number of fused-ring (bicyclic) bond motifs is 1.